The molecule has 1 atom stereocenters. The summed E-state index contributed by atoms with van der Waals surface area (Å²) < 4.78 is 24.0. The van der Waals surface area contributed by atoms with Crippen LogP contribution in [0.4, 0.5) is 5.69 Å². The molecule has 0 radical (unpaired) electrons. The number of hydrogen-bond donors (Lipinski definition) is 0. The highest BCUT2D eigenvalue weighted by atomic mass is 16.5. The normalized spacial score (nSPS) is 19.1. The molecule has 8 nitrogen and oxygen atoms in total. The topological polar surface area (TPSA) is 78.8 Å². The average Bonchev–Trinajstić information content (AvgIpc) is 3.45. The molecule has 2 aliphatic heterocycles. The molecule has 1 fully saturated rings. The van der Waals surface area contributed by atoms with Gasteiger partial charge in [-0.05, 0) is 58.7 Å². The fourth-order valence-electron chi connectivity index (χ4n) is 7.94. The molecule has 238 valence electrons. The first-order chi connectivity index (χ1) is 23.1. The molecule has 1 aliphatic carbocycles. The van der Waals surface area contributed by atoms with Gasteiger partial charge in [-0.15, -0.1) is 4.98 Å². The summed E-state index contributed by atoms with van der Waals surface area (Å²) in [6.45, 7) is 7.74. The van der Waals surface area contributed by atoms with Gasteiger partial charge in [-0.2, -0.15) is 9.97 Å². The molecular weight excluding hydrogens is 588 g/mol. The fourth-order valence-corrected chi connectivity index (χ4v) is 7.94. The van der Waals surface area contributed by atoms with E-state index in [9.17, 15) is 0 Å². The first-order valence-corrected chi connectivity index (χ1v) is 16.4. The molecule has 0 saturated carbocycles. The van der Waals surface area contributed by atoms with E-state index < -0.39 is 5.60 Å². The van der Waals surface area contributed by atoms with Crippen LogP contribution in [0.2, 0.25) is 0 Å². The van der Waals surface area contributed by atoms with Crippen LogP contribution in [0.25, 0.3) is 28.0 Å². The van der Waals surface area contributed by atoms with Gasteiger partial charge in [0.2, 0.25) is 5.60 Å². The van der Waals surface area contributed by atoms with E-state index in [1.165, 1.54) is 27.6 Å². The van der Waals surface area contributed by atoms with E-state index in [0.717, 1.165) is 67.1 Å². The van der Waals surface area contributed by atoms with Crippen molar-refractivity contribution in [1.29, 1.82) is 0 Å². The van der Waals surface area contributed by atoms with Gasteiger partial charge in [0.15, 0.2) is 5.82 Å². The van der Waals surface area contributed by atoms with E-state index in [2.05, 4.69) is 109 Å². The summed E-state index contributed by atoms with van der Waals surface area (Å²) in [4.78, 5) is 16.2. The van der Waals surface area contributed by atoms with Gasteiger partial charge in [-0.1, -0.05) is 80.6 Å². The number of aromatic nitrogens is 3. The van der Waals surface area contributed by atoms with E-state index in [4.69, 9.17) is 28.9 Å². The molecule has 5 aromatic rings. The van der Waals surface area contributed by atoms with Crippen molar-refractivity contribution in [2.45, 2.75) is 37.7 Å². The zero-order chi connectivity index (χ0) is 32.2. The Kier molecular flexibility index (Phi) is 7.13. The van der Waals surface area contributed by atoms with E-state index in [1.807, 2.05) is 0 Å². The number of rotatable bonds is 7. The van der Waals surface area contributed by atoms with Crippen molar-refractivity contribution in [3.05, 3.63) is 107 Å². The SMILES string of the molecule is CCC1(CC)c2ccccc2-c2c1c1c(c3ccccc23)OC(c2ccc(N3CCOCC3)cc2)(c2nc(OC)nc(OC)n2)C=C1. The number of nitrogens with zero attached hydrogens (tertiary/aromatic N) is 4. The Hall–Kier alpha value is -4.95. The lowest BCUT2D eigenvalue weighted by molar-refractivity contribution is 0.122. The van der Waals surface area contributed by atoms with Crippen LogP contribution in [-0.2, 0) is 15.8 Å². The monoisotopic (exact) mass is 626 g/mol. The zero-order valence-corrected chi connectivity index (χ0v) is 27.2. The fraction of sp³-hybridized carbons (Fsp3) is 0.308. The summed E-state index contributed by atoms with van der Waals surface area (Å²) in [5.74, 6) is 1.20. The van der Waals surface area contributed by atoms with Gasteiger partial charge in [-0.25, -0.2) is 0 Å². The van der Waals surface area contributed by atoms with Gasteiger partial charge in [0.05, 0.1) is 27.4 Å². The number of morpholine rings is 1. The van der Waals surface area contributed by atoms with E-state index in [1.54, 1.807) is 14.2 Å². The zero-order valence-electron chi connectivity index (χ0n) is 27.2. The maximum atomic E-state index is 7.41. The maximum Gasteiger partial charge on any atom is 0.322 e. The van der Waals surface area contributed by atoms with Gasteiger partial charge in [0.25, 0.3) is 0 Å². The van der Waals surface area contributed by atoms with Crippen LogP contribution in [0.15, 0.2) is 78.9 Å². The van der Waals surface area contributed by atoms with Crippen LogP contribution in [0.5, 0.6) is 17.8 Å². The summed E-state index contributed by atoms with van der Waals surface area (Å²) in [5.41, 5.74) is 7.11. The molecule has 0 amide bonds. The number of ether oxygens (including phenoxy) is 4. The minimum Gasteiger partial charge on any atom is -0.469 e. The molecule has 0 spiro atoms. The quantitative estimate of drug-likeness (QED) is 0.186. The molecular formula is C39H38N4O4. The summed E-state index contributed by atoms with van der Waals surface area (Å²) >= 11 is 0. The van der Waals surface area contributed by atoms with Gasteiger partial charge < -0.3 is 23.8 Å². The van der Waals surface area contributed by atoms with Crippen molar-refractivity contribution in [3.63, 3.8) is 0 Å². The molecule has 1 saturated heterocycles. The molecule has 1 aromatic heterocycles. The molecule has 8 heteroatoms. The molecule has 0 bridgehead atoms. The van der Waals surface area contributed by atoms with Crippen LogP contribution < -0.4 is 19.1 Å². The van der Waals surface area contributed by atoms with E-state index in [0.29, 0.717) is 5.82 Å². The third kappa shape index (κ3) is 4.34. The molecule has 4 aromatic carbocycles. The third-order valence-corrected chi connectivity index (χ3v) is 10.3. The van der Waals surface area contributed by atoms with Crippen molar-refractivity contribution < 1.29 is 18.9 Å². The number of fused-ring (bicyclic) bond motifs is 8. The van der Waals surface area contributed by atoms with E-state index in [-0.39, 0.29) is 17.4 Å². The summed E-state index contributed by atoms with van der Waals surface area (Å²) in [6.07, 6.45) is 6.28. The Morgan fingerprint density at radius 1 is 0.787 bits per heavy atom. The van der Waals surface area contributed by atoms with Crippen LogP contribution in [0.1, 0.15) is 54.8 Å². The second-order valence-corrected chi connectivity index (χ2v) is 12.3. The Labute approximate surface area is 275 Å². The van der Waals surface area contributed by atoms with Crippen molar-refractivity contribution in [2.75, 3.05) is 45.4 Å². The van der Waals surface area contributed by atoms with Crippen molar-refractivity contribution in [2.24, 2.45) is 0 Å². The van der Waals surface area contributed by atoms with Gasteiger partial charge in [0, 0.05) is 40.7 Å². The third-order valence-electron chi connectivity index (χ3n) is 10.3. The second kappa shape index (κ2) is 11.4. The number of methoxy groups -OCH3 is 2. The molecule has 3 heterocycles. The standard InChI is InChI=1S/C39H38N4O4/c1-5-38(6-2)31-14-10-9-13-29(31)32-27-11-7-8-12-28(27)34-30(33(32)38)19-20-39(47-34,35-40-36(44-3)42-37(41-35)45-4)25-15-17-26(18-16-25)43-21-23-46-24-22-43/h7-20H,5-6,21-24H2,1-4H3. The van der Waals surface area contributed by atoms with Gasteiger partial charge >= 0.3 is 12.0 Å². The number of anilines is 1. The van der Waals surface area contributed by atoms with Gasteiger partial charge in [-0.3, -0.25) is 0 Å². The summed E-state index contributed by atoms with van der Waals surface area (Å²) in [5, 5.41) is 2.22. The first kappa shape index (κ1) is 29.5. The lowest BCUT2D eigenvalue weighted by Gasteiger charge is -2.38. The smallest absolute Gasteiger partial charge is 0.322 e. The molecule has 3 aliphatic rings. The average molecular weight is 627 g/mol. The molecule has 47 heavy (non-hydrogen) atoms. The Morgan fingerprint density at radius 2 is 1.45 bits per heavy atom. The maximum absolute atomic E-state index is 7.41. The minimum absolute atomic E-state index is 0.146. The lowest BCUT2D eigenvalue weighted by Crippen LogP contribution is -2.38. The minimum atomic E-state index is -1.19. The largest absolute Gasteiger partial charge is 0.469 e. The molecule has 0 N–H and O–H groups in total. The van der Waals surface area contributed by atoms with Crippen molar-refractivity contribution >= 4 is 22.5 Å². The van der Waals surface area contributed by atoms with Crippen molar-refractivity contribution in [1.82, 2.24) is 15.0 Å². The first-order valence-electron chi connectivity index (χ1n) is 16.4. The second-order valence-electron chi connectivity index (χ2n) is 12.3. The summed E-state index contributed by atoms with van der Waals surface area (Å²) in [6, 6.07) is 26.3. The van der Waals surface area contributed by atoms with Crippen LogP contribution >= 0.6 is 0 Å². The molecule has 1 unspecified atom stereocenters. The van der Waals surface area contributed by atoms with Crippen LogP contribution in [0, 0.1) is 0 Å². The van der Waals surface area contributed by atoms with Crippen LogP contribution in [0.3, 0.4) is 0 Å². The lowest BCUT2D eigenvalue weighted by atomic mass is 9.71. The predicted molar refractivity (Wildman–Crippen MR) is 184 cm³/mol. The highest BCUT2D eigenvalue weighted by molar-refractivity contribution is 6.08. The van der Waals surface area contributed by atoms with E-state index >= 15 is 0 Å². The Balaban J connectivity index is 1.39. The predicted octanol–water partition coefficient (Wildman–Crippen LogP) is 7.31. The Bertz CT molecular complexity index is 1990. The number of hydrogen-bond acceptors (Lipinski definition) is 8. The van der Waals surface area contributed by atoms with Gasteiger partial charge in [0.1, 0.15) is 5.75 Å². The van der Waals surface area contributed by atoms with Crippen molar-refractivity contribution in [3.8, 4) is 28.9 Å². The highest BCUT2D eigenvalue weighted by Gasteiger charge is 2.48. The molecule has 8 rings (SSSR count). The highest BCUT2D eigenvalue weighted by Crippen LogP contribution is 2.60. The van der Waals surface area contributed by atoms with Crippen LogP contribution in [-0.4, -0.2) is 55.5 Å². The summed E-state index contributed by atoms with van der Waals surface area (Å²) in [7, 11) is 3.08. The number of benzene rings is 4. The Morgan fingerprint density at radius 3 is 2.13 bits per heavy atom.